The van der Waals surface area contributed by atoms with E-state index in [1.54, 1.807) is 6.92 Å². The van der Waals surface area contributed by atoms with Crippen LogP contribution in [-0.4, -0.2) is 35.6 Å². The molecule has 1 heterocycles. The van der Waals surface area contributed by atoms with Crippen molar-refractivity contribution < 1.29 is 23.0 Å². The van der Waals surface area contributed by atoms with Crippen molar-refractivity contribution in [3.05, 3.63) is 56.5 Å². The van der Waals surface area contributed by atoms with Gasteiger partial charge in [-0.2, -0.15) is 0 Å². The van der Waals surface area contributed by atoms with Gasteiger partial charge in [0, 0.05) is 35.7 Å². The van der Waals surface area contributed by atoms with Crippen LogP contribution in [0.2, 0.25) is 10.0 Å². The first-order valence-corrected chi connectivity index (χ1v) is 12.3. The summed E-state index contributed by atoms with van der Waals surface area (Å²) in [5.74, 6) is -1.37. The Labute approximate surface area is 210 Å². The number of rotatable bonds is 10. The van der Waals surface area contributed by atoms with Gasteiger partial charge < -0.3 is 20.1 Å². The number of amides is 1. The van der Waals surface area contributed by atoms with E-state index < -0.39 is 29.9 Å². The highest BCUT2D eigenvalue weighted by Gasteiger charge is 2.23. The Morgan fingerprint density at radius 1 is 1.21 bits per heavy atom. The fourth-order valence-corrected chi connectivity index (χ4v) is 5.27. The number of benzene rings is 2. The standard InChI is InChI=1S/C23H25Cl2F2N3O3S/c1-4-30(5-2)9-8-17(33-23(28)31)22-29-16-10-15(27)18(11-19(16)34-22)32-12(3)20-13(24)6-7-14(26)21(20)25/h6-7,10-12,17H,4-5,8-9H2,1-3H3,(H2,28,31). The normalized spacial score (nSPS) is 13.3. The maximum Gasteiger partial charge on any atom is 0.405 e. The maximum atomic E-state index is 14.8. The SMILES string of the molecule is CCN(CC)CCC(OC(N)=O)c1nc2cc(F)c(OC(C)c3c(Cl)ccc(F)c3Cl)cc2s1. The molecule has 0 spiro atoms. The van der Waals surface area contributed by atoms with E-state index >= 15 is 0 Å². The van der Waals surface area contributed by atoms with Gasteiger partial charge in [-0.05, 0) is 32.1 Å². The number of hydrogen-bond acceptors (Lipinski definition) is 6. The fraction of sp³-hybridized carbons (Fsp3) is 0.391. The van der Waals surface area contributed by atoms with E-state index in [0.717, 1.165) is 19.2 Å². The van der Waals surface area contributed by atoms with Crippen molar-refractivity contribution in [3.8, 4) is 5.75 Å². The monoisotopic (exact) mass is 531 g/mol. The maximum absolute atomic E-state index is 14.8. The van der Waals surface area contributed by atoms with Crippen LogP contribution in [0.1, 0.15) is 50.0 Å². The van der Waals surface area contributed by atoms with Crippen LogP contribution in [0.3, 0.4) is 0 Å². The van der Waals surface area contributed by atoms with Gasteiger partial charge in [0.25, 0.3) is 0 Å². The van der Waals surface area contributed by atoms with E-state index in [-0.39, 0.29) is 21.4 Å². The summed E-state index contributed by atoms with van der Waals surface area (Å²) in [6, 6.07) is 5.24. The third-order valence-electron chi connectivity index (χ3n) is 5.38. The molecule has 0 fully saturated rings. The van der Waals surface area contributed by atoms with Crippen LogP contribution in [0, 0.1) is 11.6 Å². The first-order valence-electron chi connectivity index (χ1n) is 10.7. The zero-order valence-electron chi connectivity index (χ0n) is 18.9. The van der Waals surface area contributed by atoms with Gasteiger partial charge in [0.1, 0.15) is 16.9 Å². The molecule has 3 rings (SSSR count). The van der Waals surface area contributed by atoms with E-state index in [2.05, 4.69) is 9.88 Å². The van der Waals surface area contributed by atoms with Crippen LogP contribution in [0.25, 0.3) is 10.2 Å². The van der Waals surface area contributed by atoms with E-state index in [1.807, 2.05) is 13.8 Å². The average molecular weight is 532 g/mol. The highest BCUT2D eigenvalue weighted by Crippen LogP contribution is 2.38. The number of nitrogens with zero attached hydrogens (tertiary/aromatic N) is 2. The number of halogens is 4. The van der Waals surface area contributed by atoms with Crippen LogP contribution in [0.5, 0.6) is 5.75 Å². The molecule has 2 unspecified atom stereocenters. The number of thiazole rings is 1. The van der Waals surface area contributed by atoms with E-state index in [4.69, 9.17) is 38.4 Å². The van der Waals surface area contributed by atoms with Gasteiger partial charge in [-0.15, -0.1) is 11.3 Å². The summed E-state index contributed by atoms with van der Waals surface area (Å²) in [5, 5.41) is 0.531. The summed E-state index contributed by atoms with van der Waals surface area (Å²) in [6.07, 6.45) is -1.90. The van der Waals surface area contributed by atoms with Crippen molar-refractivity contribution in [2.24, 2.45) is 5.73 Å². The van der Waals surface area contributed by atoms with Crippen LogP contribution < -0.4 is 10.5 Å². The van der Waals surface area contributed by atoms with Gasteiger partial charge in [0.15, 0.2) is 17.7 Å². The van der Waals surface area contributed by atoms with Gasteiger partial charge in [0.2, 0.25) is 0 Å². The minimum absolute atomic E-state index is 0.0675. The number of nitrogens with two attached hydrogens (primary N) is 1. The molecule has 6 nitrogen and oxygen atoms in total. The summed E-state index contributed by atoms with van der Waals surface area (Å²) >= 11 is 13.5. The zero-order chi connectivity index (χ0) is 25.0. The number of fused-ring (bicyclic) bond motifs is 1. The lowest BCUT2D eigenvalue weighted by molar-refractivity contribution is 0.0928. The lowest BCUT2D eigenvalue weighted by atomic mass is 10.1. The summed E-state index contributed by atoms with van der Waals surface area (Å²) < 4.78 is 40.4. The molecule has 0 saturated heterocycles. The van der Waals surface area contributed by atoms with E-state index in [9.17, 15) is 13.6 Å². The van der Waals surface area contributed by atoms with Gasteiger partial charge >= 0.3 is 6.09 Å². The van der Waals surface area contributed by atoms with Crippen LogP contribution >= 0.6 is 34.5 Å². The minimum atomic E-state index is -0.906. The predicted molar refractivity (Wildman–Crippen MR) is 131 cm³/mol. The first kappa shape index (κ1) is 26.4. The predicted octanol–water partition coefficient (Wildman–Crippen LogP) is 6.89. The third kappa shape index (κ3) is 6.07. The Morgan fingerprint density at radius 3 is 2.56 bits per heavy atom. The molecule has 34 heavy (non-hydrogen) atoms. The van der Waals surface area contributed by atoms with Crippen LogP contribution in [-0.2, 0) is 4.74 Å². The molecule has 2 N–H and O–H groups in total. The van der Waals surface area contributed by atoms with Crippen LogP contribution in [0.4, 0.5) is 13.6 Å². The second-order valence-electron chi connectivity index (χ2n) is 7.56. The number of carbonyl (C=O) groups excluding carboxylic acids is 1. The molecule has 2 atom stereocenters. The Bertz CT molecular complexity index is 1170. The minimum Gasteiger partial charge on any atom is -0.483 e. The second kappa shape index (κ2) is 11.5. The highest BCUT2D eigenvalue weighted by molar-refractivity contribution is 7.18. The number of carbonyl (C=O) groups is 1. The molecule has 1 aromatic heterocycles. The second-order valence-corrected chi connectivity index (χ2v) is 9.41. The lowest BCUT2D eigenvalue weighted by Crippen LogP contribution is -2.27. The molecule has 0 aliphatic rings. The molecule has 3 aromatic rings. The topological polar surface area (TPSA) is 77.7 Å². The van der Waals surface area contributed by atoms with E-state index in [0.29, 0.717) is 28.2 Å². The van der Waals surface area contributed by atoms with Crippen molar-refractivity contribution in [1.82, 2.24) is 9.88 Å². The largest absolute Gasteiger partial charge is 0.483 e. The third-order valence-corrected chi connectivity index (χ3v) is 7.21. The summed E-state index contributed by atoms with van der Waals surface area (Å²) in [4.78, 5) is 18.1. The van der Waals surface area contributed by atoms with Crippen molar-refractivity contribution in [2.75, 3.05) is 19.6 Å². The highest BCUT2D eigenvalue weighted by atomic mass is 35.5. The van der Waals surface area contributed by atoms with Gasteiger partial charge in [-0.1, -0.05) is 37.0 Å². The molecule has 0 saturated carbocycles. The Balaban J connectivity index is 1.89. The smallest absolute Gasteiger partial charge is 0.405 e. The number of primary amides is 1. The number of hydrogen-bond donors (Lipinski definition) is 1. The number of ether oxygens (including phenoxy) is 2. The summed E-state index contributed by atoms with van der Waals surface area (Å²) in [7, 11) is 0. The van der Waals surface area contributed by atoms with Crippen molar-refractivity contribution >= 4 is 50.8 Å². The van der Waals surface area contributed by atoms with Crippen LogP contribution in [0.15, 0.2) is 24.3 Å². The first-order chi connectivity index (χ1) is 16.1. The molecule has 184 valence electrons. The van der Waals surface area contributed by atoms with Gasteiger partial charge in [0.05, 0.1) is 15.2 Å². The molecular weight excluding hydrogens is 507 g/mol. The zero-order valence-corrected chi connectivity index (χ0v) is 21.2. The summed E-state index contributed by atoms with van der Waals surface area (Å²) in [6.45, 7) is 8.06. The average Bonchev–Trinajstić information content (AvgIpc) is 3.19. The van der Waals surface area contributed by atoms with Gasteiger partial charge in [-0.25, -0.2) is 18.6 Å². The molecule has 1 amide bonds. The van der Waals surface area contributed by atoms with E-state index in [1.165, 1.54) is 29.5 Å². The number of aromatic nitrogens is 1. The Kier molecular flexibility index (Phi) is 8.92. The quantitative estimate of drug-likeness (QED) is 0.288. The molecule has 0 bridgehead atoms. The fourth-order valence-electron chi connectivity index (χ4n) is 3.55. The molecule has 0 radical (unpaired) electrons. The molecule has 0 aliphatic carbocycles. The van der Waals surface area contributed by atoms with Crippen molar-refractivity contribution in [3.63, 3.8) is 0 Å². The molecule has 11 heteroatoms. The Morgan fingerprint density at radius 2 is 1.91 bits per heavy atom. The summed E-state index contributed by atoms with van der Waals surface area (Å²) in [5.41, 5.74) is 5.87. The van der Waals surface area contributed by atoms with Crippen molar-refractivity contribution in [1.29, 1.82) is 0 Å². The Hall–Kier alpha value is -2.20. The van der Waals surface area contributed by atoms with Gasteiger partial charge in [-0.3, -0.25) is 0 Å². The molecule has 2 aromatic carbocycles. The molecule has 0 aliphatic heterocycles. The van der Waals surface area contributed by atoms with Crippen molar-refractivity contribution in [2.45, 2.75) is 39.4 Å². The lowest BCUT2D eigenvalue weighted by Gasteiger charge is -2.21. The molecular formula is C23H25Cl2F2N3O3S.